The third-order valence-electron chi connectivity index (χ3n) is 2.15. The Bertz CT molecular complexity index is 671. The van der Waals surface area contributed by atoms with Crippen molar-refractivity contribution < 1.29 is 16.8 Å². The van der Waals surface area contributed by atoms with Crippen molar-refractivity contribution in [3.05, 3.63) is 34.7 Å². The van der Waals surface area contributed by atoms with Crippen LogP contribution in [-0.2, 0) is 24.6 Å². The quantitative estimate of drug-likeness (QED) is 0.769. The monoisotopic (exact) mass is 278 g/mol. The Balaban J connectivity index is 2.48. The normalized spacial score (nSPS) is 17.3. The lowest BCUT2D eigenvalue weighted by atomic mass is 10.1. The maximum atomic E-state index is 11.4. The zero-order valence-electron chi connectivity index (χ0n) is 7.92. The Labute approximate surface area is 97.9 Å². The number of rotatable bonds is 2. The molecular formula is C9H7ClO4S2. The first kappa shape index (κ1) is 11.6. The minimum absolute atomic E-state index is 0.197. The molecule has 1 aromatic carbocycles. The van der Waals surface area contributed by atoms with Crippen molar-refractivity contribution in [1.82, 2.24) is 0 Å². The topological polar surface area (TPSA) is 68.3 Å². The van der Waals surface area contributed by atoms with E-state index in [0.29, 0.717) is 11.1 Å². The molecule has 0 bridgehead atoms. The second-order valence-corrected chi connectivity index (χ2v) is 7.98. The Morgan fingerprint density at radius 1 is 1.25 bits per heavy atom. The van der Waals surface area contributed by atoms with Crippen LogP contribution >= 0.6 is 10.7 Å². The second kappa shape index (κ2) is 3.58. The van der Waals surface area contributed by atoms with Crippen LogP contribution in [0.15, 0.2) is 28.5 Å². The lowest BCUT2D eigenvalue weighted by Crippen LogP contribution is -1.98. The minimum atomic E-state index is -3.62. The highest BCUT2D eigenvalue weighted by Crippen LogP contribution is 2.28. The number of hydrogen-bond donors (Lipinski definition) is 0. The van der Waals surface area contributed by atoms with Gasteiger partial charge < -0.3 is 0 Å². The number of hydrogen-bond acceptors (Lipinski definition) is 4. The highest BCUT2D eigenvalue weighted by molar-refractivity contribution is 8.13. The van der Waals surface area contributed by atoms with Crippen LogP contribution in [0, 0.1) is 0 Å². The molecule has 0 aromatic heterocycles. The van der Waals surface area contributed by atoms with Crippen molar-refractivity contribution in [2.75, 3.05) is 0 Å². The van der Waals surface area contributed by atoms with Gasteiger partial charge in [0.25, 0.3) is 0 Å². The smallest absolute Gasteiger partial charge is 0.219 e. The van der Waals surface area contributed by atoms with Crippen LogP contribution in [0.4, 0.5) is 0 Å². The second-order valence-electron chi connectivity index (χ2n) is 3.40. The Hall–Kier alpha value is -0.850. The fourth-order valence-electron chi connectivity index (χ4n) is 1.51. The summed E-state index contributed by atoms with van der Waals surface area (Å²) in [7, 11) is -1.84. The van der Waals surface area contributed by atoms with Crippen LogP contribution in [0.5, 0.6) is 0 Å². The van der Waals surface area contributed by atoms with Crippen LogP contribution < -0.4 is 0 Å². The molecule has 1 heterocycles. The molecule has 0 fully saturated rings. The summed E-state index contributed by atoms with van der Waals surface area (Å²) in [4.78, 5) is 0.197. The number of halogens is 1. The van der Waals surface area contributed by atoms with Crippen molar-refractivity contribution in [2.24, 2.45) is 0 Å². The van der Waals surface area contributed by atoms with E-state index in [-0.39, 0.29) is 10.6 Å². The summed E-state index contributed by atoms with van der Waals surface area (Å²) in [5.41, 5.74) is 0.966. The van der Waals surface area contributed by atoms with Crippen LogP contribution in [-0.4, -0.2) is 16.8 Å². The van der Waals surface area contributed by atoms with Crippen LogP contribution in [0.25, 0.3) is 6.08 Å². The number of fused-ring (bicyclic) bond motifs is 1. The number of sulfone groups is 1. The largest absolute Gasteiger partial charge is 0.236 e. The van der Waals surface area contributed by atoms with Gasteiger partial charge in [0.1, 0.15) is 0 Å². The van der Waals surface area contributed by atoms with E-state index in [4.69, 9.17) is 10.7 Å². The molecule has 1 aliphatic rings. The Morgan fingerprint density at radius 3 is 2.56 bits per heavy atom. The maximum Gasteiger partial charge on any atom is 0.236 e. The molecule has 0 aliphatic carbocycles. The van der Waals surface area contributed by atoms with Crippen molar-refractivity contribution >= 4 is 35.6 Å². The molecule has 1 aromatic rings. The predicted octanol–water partition coefficient (Wildman–Crippen LogP) is 1.51. The highest BCUT2D eigenvalue weighted by Gasteiger charge is 2.21. The standard InChI is InChI=1S/C9H7ClO4S2/c10-16(13,14)6-7-1-2-9-8(5-7)3-4-15(9,11)12/h1-5H,6H2. The molecule has 0 spiro atoms. The van der Waals surface area contributed by atoms with Crippen molar-refractivity contribution in [1.29, 1.82) is 0 Å². The van der Waals surface area contributed by atoms with Gasteiger partial charge in [0.2, 0.25) is 9.05 Å². The van der Waals surface area contributed by atoms with E-state index >= 15 is 0 Å². The fourth-order valence-corrected chi connectivity index (χ4v) is 3.65. The molecule has 86 valence electrons. The van der Waals surface area contributed by atoms with Crippen molar-refractivity contribution in [2.45, 2.75) is 10.6 Å². The Kier molecular flexibility index (Phi) is 2.60. The van der Waals surface area contributed by atoms with Gasteiger partial charge in [0.05, 0.1) is 10.6 Å². The summed E-state index contributed by atoms with van der Waals surface area (Å²) in [6.07, 6.45) is 1.44. The Morgan fingerprint density at radius 2 is 1.94 bits per heavy atom. The molecule has 0 radical (unpaired) electrons. The van der Waals surface area contributed by atoms with Crippen LogP contribution in [0.3, 0.4) is 0 Å². The van der Waals surface area contributed by atoms with Gasteiger partial charge in [0.15, 0.2) is 9.84 Å². The molecule has 4 nitrogen and oxygen atoms in total. The van der Waals surface area contributed by atoms with E-state index < -0.39 is 18.9 Å². The fraction of sp³-hybridized carbons (Fsp3) is 0.111. The first-order valence-electron chi connectivity index (χ1n) is 4.26. The predicted molar refractivity (Wildman–Crippen MR) is 61.1 cm³/mol. The molecule has 0 saturated heterocycles. The lowest BCUT2D eigenvalue weighted by Gasteiger charge is -2.02. The van der Waals surface area contributed by atoms with Gasteiger partial charge in [0, 0.05) is 16.1 Å². The zero-order valence-corrected chi connectivity index (χ0v) is 10.3. The van der Waals surface area contributed by atoms with E-state index in [1.807, 2.05) is 0 Å². The van der Waals surface area contributed by atoms with E-state index in [1.165, 1.54) is 24.3 Å². The summed E-state index contributed by atoms with van der Waals surface area (Å²) in [6.45, 7) is 0. The SMILES string of the molecule is O=S(=O)(Cl)Cc1ccc2c(c1)C=CS2(=O)=O. The molecule has 0 atom stereocenters. The summed E-state index contributed by atoms with van der Waals surface area (Å²) < 4.78 is 44.6. The average Bonchev–Trinajstić information content (AvgIpc) is 2.39. The van der Waals surface area contributed by atoms with Crippen LogP contribution in [0.2, 0.25) is 0 Å². The maximum absolute atomic E-state index is 11.4. The molecule has 0 N–H and O–H groups in total. The number of benzene rings is 1. The van der Waals surface area contributed by atoms with Crippen molar-refractivity contribution in [3.63, 3.8) is 0 Å². The first-order valence-corrected chi connectivity index (χ1v) is 8.29. The lowest BCUT2D eigenvalue weighted by molar-refractivity contribution is 0.605. The van der Waals surface area contributed by atoms with Gasteiger partial charge in [-0.2, -0.15) is 0 Å². The van der Waals surface area contributed by atoms with Gasteiger partial charge in [-0.15, -0.1) is 0 Å². The van der Waals surface area contributed by atoms with Gasteiger partial charge in [-0.05, 0) is 29.3 Å². The third-order valence-corrected chi connectivity index (χ3v) is 4.63. The van der Waals surface area contributed by atoms with Gasteiger partial charge in [-0.3, -0.25) is 0 Å². The van der Waals surface area contributed by atoms with E-state index in [9.17, 15) is 16.8 Å². The molecule has 7 heteroatoms. The molecule has 0 amide bonds. The molecular weight excluding hydrogens is 272 g/mol. The summed E-state index contributed by atoms with van der Waals surface area (Å²) in [6, 6.07) is 4.35. The molecule has 1 aliphatic heterocycles. The minimum Gasteiger partial charge on any atom is -0.219 e. The van der Waals surface area contributed by atoms with Gasteiger partial charge in [-0.25, -0.2) is 16.8 Å². The summed E-state index contributed by atoms with van der Waals surface area (Å²) >= 11 is 0. The molecule has 2 rings (SSSR count). The van der Waals surface area contributed by atoms with Crippen molar-refractivity contribution in [3.8, 4) is 0 Å². The van der Waals surface area contributed by atoms with Crippen LogP contribution in [0.1, 0.15) is 11.1 Å². The molecule has 0 unspecified atom stereocenters. The summed E-state index contributed by atoms with van der Waals surface area (Å²) in [5, 5.41) is 1.09. The van der Waals surface area contributed by atoms with Gasteiger partial charge in [-0.1, -0.05) is 6.07 Å². The van der Waals surface area contributed by atoms with E-state index in [0.717, 1.165) is 5.41 Å². The van der Waals surface area contributed by atoms with E-state index in [1.54, 1.807) is 0 Å². The summed E-state index contributed by atoms with van der Waals surface area (Å²) in [5.74, 6) is -0.310. The highest BCUT2D eigenvalue weighted by atomic mass is 35.7. The first-order chi connectivity index (χ1) is 7.28. The zero-order chi connectivity index (χ0) is 12.0. The molecule has 16 heavy (non-hydrogen) atoms. The molecule has 0 saturated carbocycles. The average molecular weight is 279 g/mol. The van der Waals surface area contributed by atoms with E-state index in [2.05, 4.69) is 0 Å². The third kappa shape index (κ3) is 2.28. The van der Waals surface area contributed by atoms with Gasteiger partial charge >= 0.3 is 0 Å².